The van der Waals surface area contributed by atoms with Gasteiger partial charge in [-0.3, -0.25) is 0 Å². The molecule has 0 fully saturated rings. The summed E-state index contributed by atoms with van der Waals surface area (Å²) < 4.78 is 23.0. The van der Waals surface area contributed by atoms with Crippen molar-refractivity contribution < 1.29 is 18.9 Å². The lowest BCUT2D eigenvalue weighted by Gasteiger charge is -2.16. The van der Waals surface area contributed by atoms with Gasteiger partial charge in [0.25, 0.3) is 0 Å². The van der Waals surface area contributed by atoms with Crippen LogP contribution in [0.5, 0.6) is 0 Å². The Morgan fingerprint density at radius 1 is 0.917 bits per heavy atom. The van der Waals surface area contributed by atoms with E-state index in [-0.39, 0.29) is 0 Å². The summed E-state index contributed by atoms with van der Waals surface area (Å²) in [7, 11) is 1.66. The van der Waals surface area contributed by atoms with Crippen LogP contribution < -0.4 is 0 Å². The second kappa shape index (κ2) is 12.4. The van der Waals surface area contributed by atoms with Gasteiger partial charge in [-0.25, -0.2) is 4.68 Å². The fourth-order valence-electron chi connectivity index (χ4n) is 1.91. The minimum atomic E-state index is 0.321. The van der Waals surface area contributed by atoms with Gasteiger partial charge in [-0.1, -0.05) is 26.0 Å². The van der Waals surface area contributed by atoms with E-state index in [1.165, 1.54) is 0 Å². The third-order valence-electron chi connectivity index (χ3n) is 3.36. The number of methoxy groups -OCH3 is 1. The lowest BCUT2D eigenvalue weighted by atomic mass is 9.90. The average Bonchev–Trinajstić information content (AvgIpc) is 2.98. The standard InChI is InChI=1S/C17H33N3O4/c1-17(2,3)6-5-16-15-20(19-18-16)7-8-22-11-12-24-14-13-23-10-9-21-4/h15H,5-14H2,1-4H3. The second-order valence-electron chi connectivity index (χ2n) is 6.86. The van der Waals surface area contributed by atoms with E-state index in [0.29, 0.717) is 58.2 Å². The van der Waals surface area contributed by atoms with Crippen LogP contribution in [-0.4, -0.2) is 68.4 Å². The third-order valence-corrected chi connectivity index (χ3v) is 3.36. The minimum absolute atomic E-state index is 0.321. The highest BCUT2D eigenvalue weighted by atomic mass is 16.6. The summed E-state index contributed by atoms with van der Waals surface area (Å²) in [4.78, 5) is 0. The average molecular weight is 343 g/mol. The molecule has 140 valence electrons. The van der Waals surface area contributed by atoms with Crippen molar-refractivity contribution in [2.24, 2.45) is 5.41 Å². The van der Waals surface area contributed by atoms with Crippen molar-refractivity contribution in [3.63, 3.8) is 0 Å². The summed E-state index contributed by atoms with van der Waals surface area (Å²) in [5.74, 6) is 0. The van der Waals surface area contributed by atoms with Crippen molar-refractivity contribution in [1.29, 1.82) is 0 Å². The first-order valence-electron chi connectivity index (χ1n) is 8.62. The molecule has 0 N–H and O–H groups in total. The van der Waals surface area contributed by atoms with E-state index in [2.05, 4.69) is 31.1 Å². The first kappa shape index (κ1) is 21.0. The van der Waals surface area contributed by atoms with Crippen molar-refractivity contribution in [2.45, 2.75) is 40.2 Å². The molecule has 7 nitrogen and oxygen atoms in total. The molecule has 0 saturated carbocycles. The molecule has 0 aliphatic heterocycles. The summed E-state index contributed by atoms with van der Waals surface area (Å²) in [6.45, 7) is 11.5. The largest absolute Gasteiger partial charge is 0.382 e. The molecule has 1 aromatic rings. The molecule has 0 spiro atoms. The molecule has 0 atom stereocenters. The molecule has 1 aromatic heterocycles. The van der Waals surface area contributed by atoms with E-state index in [1.54, 1.807) is 7.11 Å². The van der Waals surface area contributed by atoms with Crippen molar-refractivity contribution in [3.05, 3.63) is 11.9 Å². The van der Waals surface area contributed by atoms with Gasteiger partial charge in [0, 0.05) is 13.3 Å². The first-order chi connectivity index (χ1) is 11.5. The van der Waals surface area contributed by atoms with Gasteiger partial charge in [0.05, 0.1) is 58.5 Å². The topological polar surface area (TPSA) is 67.6 Å². The Hall–Kier alpha value is -1.02. The lowest BCUT2D eigenvalue weighted by molar-refractivity contribution is 0.00244. The molecule has 1 heterocycles. The zero-order valence-corrected chi connectivity index (χ0v) is 15.6. The highest BCUT2D eigenvalue weighted by Crippen LogP contribution is 2.20. The SMILES string of the molecule is COCCOCCOCCOCCn1cc(CCC(C)(C)C)nn1. The van der Waals surface area contributed by atoms with Crippen molar-refractivity contribution in [3.8, 4) is 0 Å². The maximum atomic E-state index is 5.53. The van der Waals surface area contributed by atoms with Gasteiger partial charge in [0.1, 0.15) is 0 Å². The maximum Gasteiger partial charge on any atom is 0.0827 e. The Balaban J connectivity index is 1.95. The molecule has 0 aromatic carbocycles. The van der Waals surface area contributed by atoms with E-state index < -0.39 is 0 Å². The van der Waals surface area contributed by atoms with Gasteiger partial charge in [-0.15, -0.1) is 5.10 Å². The monoisotopic (exact) mass is 343 g/mol. The maximum absolute atomic E-state index is 5.53. The molecule has 1 rings (SSSR count). The normalized spacial score (nSPS) is 12.0. The van der Waals surface area contributed by atoms with Gasteiger partial charge >= 0.3 is 0 Å². The fraction of sp³-hybridized carbons (Fsp3) is 0.882. The Bertz CT molecular complexity index is 418. The molecule has 0 aliphatic carbocycles. The van der Waals surface area contributed by atoms with Crippen molar-refractivity contribution in [2.75, 3.05) is 53.4 Å². The van der Waals surface area contributed by atoms with Crippen LogP contribution >= 0.6 is 0 Å². The van der Waals surface area contributed by atoms with E-state index in [4.69, 9.17) is 18.9 Å². The summed E-state index contributed by atoms with van der Waals surface area (Å²) in [6, 6.07) is 0. The third kappa shape index (κ3) is 11.5. The molecule has 0 unspecified atom stereocenters. The van der Waals surface area contributed by atoms with Gasteiger partial charge in [-0.05, 0) is 18.3 Å². The highest BCUT2D eigenvalue weighted by Gasteiger charge is 2.11. The van der Waals surface area contributed by atoms with Crippen molar-refractivity contribution in [1.82, 2.24) is 15.0 Å². The molecule has 0 radical (unpaired) electrons. The first-order valence-corrected chi connectivity index (χ1v) is 8.62. The number of rotatable bonds is 14. The van der Waals surface area contributed by atoms with Crippen LogP contribution in [-0.2, 0) is 31.9 Å². The van der Waals surface area contributed by atoms with E-state index in [9.17, 15) is 0 Å². The summed E-state index contributed by atoms with van der Waals surface area (Å²) in [5, 5.41) is 8.33. The molecule has 7 heteroatoms. The lowest BCUT2D eigenvalue weighted by Crippen LogP contribution is -2.13. The summed E-state index contributed by atoms with van der Waals surface area (Å²) >= 11 is 0. The Labute approximate surface area is 145 Å². The Morgan fingerprint density at radius 3 is 2.08 bits per heavy atom. The molecule has 0 aliphatic rings. The predicted molar refractivity (Wildman–Crippen MR) is 92.1 cm³/mol. The van der Waals surface area contributed by atoms with Crippen LogP contribution in [0.1, 0.15) is 32.9 Å². The van der Waals surface area contributed by atoms with Crippen LogP contribution in [0.2, 0.25) is 0 Å². The van der Waals surface area contributed by atoms with Crippen LogP contribution in [0, 0.1) is 5.41 Å². The van der Waals surface area contributed by atoms with Crippen LogP contribution in [0.4, 0.5) is 0 Å². The van der Waals surface area contributed by atoms with Gasteiger partial charge in [0.2, 0.25) is 0 Å². The van der Waals surface area contributed by atoms with Gasteiger partial charge in [-0.2, -0.15) is 0 Å². The molecule has 0 bridgehead atoms. The van der Waals surface area contributed by atoms with Crippen LogP contribution in [0.3, 0.4) is 0 Å². The van der Waals surface area contributed by atoms with E-state index in [1.807, 2.05) is 10.9 Å². The van der Waals surface area contributed by atoms with E-state index in [0.717, 1.165) is 18.5 Å². The number of aromatic nitrogens is 3. The molecular weight excluding hydrogens is 310 g/mol. The quantitative estimate of drug-likeness (QED) is 0.481. The van der Waals surface area contributed by atoms with Gasteiger partial charge in [0.15, 0.2) is 0 Å². The Morgan fingerprint density at radius 2 is 1.50 bits per heavy atom. The predicted octanol–water partition coefficient (Wildman–Crippen LogP) is 1.95. The van der Waals surface area contributed by atoms with Crippen LogP contribution in [0.25, 0.3) is 0 Å². The van der Waals surface area contributed by atoms with Gasteiger partial charge < -0.3 is 18.9 Å². The molecule has 24 heavy (non-hydrogen) atoms. The fourth-order valence-corrected chi connectivity index (χ4v) is 1.91. The highest BCUT2D eigenvalue weighted by molar-refractivity contribution is 4.93. The summed E-state index contributed by atoms with van der Waals surface area (Å²) in [6.07, 6.45) is 4.07. The smallest absolute Gasteiger partial charge is 0.0827 e. The molecule has 0 amide bonds. The number of ether oxygens (including phenoxy) is 4. The second-order valence-corrected chi connectivity index (χ2v) is 6.86. The number of nitrogens with zero attached hydrogens (tertiary/aromatic N) is 3. The number of hydrogen-bond donors (Lipinski definition) is 0. The zero-order valence-electron chi connectivity index (χ0n) is 15.6. The summed E-state index contributed by atoms with van der Waals surface area (Å²) in [5.41, 5.74) is 1.36. The number of hydrogen-bond acceptors (Lipinski definition) is 6. The van der Waals surface area contributed by atoms with Crippen molar-refractivity contribution >= 4 is 0 Å². The minimum Gasteiger partial charge on any atom is -0.382 e. The molecular formula is C17H33N3O4. The van der Waals surface area contributed by atoms with E-state index >= 15 is 0 Å². The number of aryl methyl sites for hydroxylation is 1. The van der Waals surface area contributed by atoms with Crippen LogP contribution in [0.15, 0.2) is 6.20 Å². The molecule has 0 saturated heterocycles. The Kier molecular flexibility index (Phi) is 10.8. The zero-order chi connectivity index (χ0) is 17.7.